The molecule has 18 aromatic rings. The van der Waals surface area contributed by atoms with E-state index in [1.54, 1.807) is 0 Å². The molecule has 112 heavy (non-hydrogen) atoms. The van der Waals surface area contributed by atoms with Gasteiger partial charge >= 0.3 is 0 Å². The average Bonchev–Trinajstić information content (AvgIpc) is 1.51. The molecule has 2 spiro atoms. The fourth-order valence-electron chi connectivity index (χ4n) is 19.2. The fourth-order valence-corrected chi connectivity index (χ4v) is 19.2. The third kappa shape index (κ3) is 10.2. The van der Waals surface area contributed by atoms with E-state index in [4.69, 9.17) is 0 Å². The van der Waals surface area contributed by atoms with Gasteiger partial charge in [0.2, 0.25) is 0 Å². The molecule has 2 heteroatoms. The van der Waals surface area contributed by atoms with Gasteiger partial charge in [0.1, 0.15) is 0 Å². The van der Waals surface area contributed by atoms with Crippen LogP contribution in [-0.4, -0.2) is 0 Å². The molecule has 0 saturated heterocycles. The highest BCUT2D eigenvalue weighted by molar-refractivity contribution is 6.00. The highest BCUT2D eigenvalue weighted by Gasteiger charge is 2.54. The van der Waals surface area contributed by atoms with Crippen molar-refractivity contribution in [3.63, 3.8) is 0 Å². The third-order valence-electron chi connectivity index (χ3n) is 24.4. The molecule has 2 nitrogen and oxygen atoms in total. The van der Waals surface area contributed by atoms with E-state index in [-0.39, 0.29) is 0 Å². The summed E-state index contributed by atoms with van der Waals surface area (Å²) in [6.45, 7) is 0. The first kappa shape index (κ1) is 64.7. The Kier molecular flexibility index (Phi) is 15.1. The van der Waals surface area contributed by atoms with Crippen LogP contribution in [0.4, 0.5) is 34.1 Å². The number of hydrogen-bond donors (Lipinski definition) is 0. The molecule has 0 amide bonds. The van der Waals surface area contributed by atoms with E-state index in [1.165, 1.54) is 161 Å². The second-order valence-corrected chi connectivity index (χ2v) is 30.1. The fraction of sp³-hybridized carbons (Fsp3) is 0.0182. The van der Waals surface area contributed by atoms with Crippen LogP contribution in [0.3, 0.4) is 0 Å². The van der Waals surface area contributed by atoms with Gasteiger partial charge in [-0.05, 0) is 252 Å². The van der Waals surface area contributed by atoms with Crippen LogP contribution in [0.15, 0.2) is 437 Å². The summed E-state index contributed by atoms with van der Waals surface area (Å²) in [6, 6.07) is 163. The van der Waals surface area contributed by atoms with Crippen molar-refractivity contribution >= 4 is 34.1 Å². The predicted molar refractivity (Wildman–Crippen MR) is 466 cm³/mol. The summed E-state index contributed by atoms with van der Waals surface area (Å²) < 4.78 is 0. The normalized spacial score (nSPS) is 13.0. The molecule has 0 bridgehead atoms. The molecule has 0 atom stereocenters. The zero-order chi connectivity index (χ0) is 73.9. The second-order valence-electron chi connectivity index (χ2n) is 30.1. The molecule has 22 rings (SSSR count). The number of hydrogen-bond acceptors (Lipinski definition) is 2. The van der Waals surface area contributed by atoms with Crippen molar-refractivity contribution in [3.05, 3.63) is 481 Å². The predicted octanol–water partition coefficient (Wildman–Crippen LogP) is 29.0. The van der Waals surface area contributed by atoms with Crippen molar-refractivity contribution < 1.29 is 0 Å². The minimum atomic E-state index is -0.575. The molecule has 4 aliphatic carbocycles. The monoisotopic (exact) mass is 1420 g/mol. The minimum Gasteiger partial charge on any atom is -0.310 e. The standard InChI is InChI=1S/C110H72N2/c1-5-21-73(22-6-1)76-41-45-83(46-42-76)85-55-65-97-99-67-63-91(71-107(99)109(105(97)69-85)101-33-17-13-29-93(101)94-30-14-18-34-102(94)109)111(87-27-11-4-12-28-87)88-61-53-82(54-62-88)79-39-37-77(38-40-79)78-43-47-84(48-44-78)86-56-66-98-100-68-64-92(72-108(100)110(106(98)70-86)103-35-19-15-31-95(103)96-32-16-20-36-104(96)110)112(89-57-49-80(50-58-89)74-23-7-2-8-24-74)90-59-51-81(52-60-90)75-25-9-3-10-26-75/h1-72H. The Hall–Kier alpha value is -14.4. The van der Waals surface area contributed by atoms with Crippen LogP contribution >= 0.6 is 0 Å². The maximum absolute atomic E-state index is 2.50. The molecular formula is C110H72N2. The molecular weight excluding hydrogens is 1350 g/mol. The van der Waals surface area contributed by atoms with Crippen molar-refractivity contribution in [2.24, 2.45) is 0 Å². The van der Waals surface area contributed by atoms with Gasteiger partial charge in [0.05, 0.1) is 10.8 Å². The molecule has 0 aromatic heterocycles. The number of anilines is 6. The number of fused-ring (bicyclic) bond motifs is 20. The Bertz CT molecular complexity index is 6490. The summed E-state index contributed by atoms with van der Waals surface area (Å²) in [7, 11) is 0. The number of benzene rings is 18. The highest BCUT2D eigenvalue weighted by Crippen LogP contribution is 2.66. The summed E-state index contributed by atoms with van der Waals surface area (Å²) in [5.74, 6) is 0. The van der Waals surface area contributed by atoms with E-state index in [9.17, 15) is 0 Å². The molecule has 0 N–H and O–H groups in total. The smallest absolute Gasteiger partial charge is 0.0726 e. The summed E-state index contributed by atoms with van der Waals surface area (Å²) in [5, 5.41) is 0. The number of para-hydroxylation sites is 1. The summed E-state index contributed by atoms with van der Waals surface area (Å²) in [6.07, 6.45) is 0. The van der Waals surface area contributed by atoms with Crippen LogP contribution in [0.5, 0.6) is 0 Å². The van der Waals surface area contributed by atoms with Gasteiger partial charge < -0.3 is 9.80 Å². The van der Waals surface area contributed by atoms with Crippen LogP contribution in [0.2, 0.25) is 0 Å². The first-order valence-electron chi connectivity index (χ1n) is 38.9. The molecule has 0 saturated carbocycles. The van der Waals surface area contributed by atoms with Gasteiger partial charge in [-0.15, -0.1) is 0 Å². The Morgan fingerprint density at radius 2 is 0.295 bits per heavy atom. The Morgan fingerprint density at radius 3 is 0.580 bits per heavy atom. The maximum Gasteiger partial charge on any atom is 0.0726 e. The molecule has 0 fully saturated rings. The van der Waals surface area contributed by atoms with Gasteiger partial charge in [0.15, 0.2) is 0 Å². The van der Waals surface area contributed by atoms with Crippen molar-refractivity contribution in [2.45, 2.75) is 10.8 Å². The SMILES string of the molecule is c1ccc(-c2ccc(-c3ccc4c(c3)C3(c5ccccc5-c5ccccc53)c3cc(N(c5ccccc5)c5ccc(-c6ccc(-c7ccc(-c8ccc9c(c8)C8(c%10ccccc%10-c%10ccccc%108)c8cc(N(c%10ccc(-c%11ccccc%11)cc%10)c%10ccc(-c%11ccccc%11)cc%10)ccc8-9)cc7)cc6)cc5)ccc3-4)cc2)cc1. The van der Waals surface area contributed by atoms with Crippen LogP contribution in [-0.2, 0) is 10.8 Å². The van der Waals surface area contributed by atoms with E-state index in [1.807, 2.05) is 0 Å². The van der Waals surface area contributed by atoms with E-state index in [0.29, 0.717) is 0 Å². The number of rotatable bonds is 13. The van der Waals surface area contributed by atoms with Crippen molar-refractivity contribution in [1.29, 1.82) is 0 Å². The third-order valence-corrected chi connectivity index (χ3v) is 24.4. The lowest BCUT2D eigenvalue weighted by atomic mass is 9.70. The maximum atomic E-state index is 2.50. The number of nitrogens with zero attached hydrogens (tertiary/aromatic N) is 2. The highest BCUT2D eigenvalue weighted by atomic mass is 15.1. The van der Waals surface area contributed by atoms with Crippen LogP contribution in [0.25, 0.3) is 122 Å². The lowest BCUT2D eigenvalue weighted by molar-refractivity contribution is 0.794. The van der Waals surface area contributed by atoms with E-state index in [2.05, 4.69) is 447 Å². The zero-order valence-corrected chi connectivity index (χ0v) is 61.5. The molecule has 0 heterocycles. The van der Waals surface area contributed by atoms with Gasteiger partial charge in [-0.1, -0.05) is 352 Å². The quantitative estimate of drug-likeness (QED) is 0.114. The van der Waals surface area contributed by atoms with Crippen molar-refractivity contribution in [1.82, 2.24) is 0 Å². The van der Waals surface area contributed by atoms with Crippen molar-refractivity contribution in [3.8, 4) is 122 Å². The minimum absolute atomic E-state index is 0.542. The summed E-state index contributed by atoms with van der Waals surface area (Å²) in [4.78, 5) is 4.86. The molecule has 0 unspecified atom stereocenters. The molecule has 0 aliphatic heterocycles. The first-order chi connectivity index (χ1) is 55.5. The summed E-state index contributed by atoms with van der Waals surface area (Å²) >= 11 is 0. The van der Waals surface area contributed by atoms with E-state index >= 15 is 0 Å². The Morgan fingerprint density at radius 1 is 0.116 bits per heavy atom. The lowest BCUT2D eigenvalue weighted by Gasteiger charge is -2.32. The van der Waals surface area contributed by atoms with E-state index < -0.39 is 10.8 Å². The second kappa shape index (κ2) is 26.2. The zero-order valence-electron chi connectivity index (χ0n) is 61.5. The van der Waals surface area contributed by atoms with Gasteiger partial charge in [-0.3, -0.25) is 0 Å². The van der Waals surface area contributed by atoms with Crippen LogP contribution in [0.1, 0.15) is 44.5 Å². The van der Waals surface area contributed by atoms with Gasteiger partial charge in [-0.25, -0.2) is 0 Å². The molecule has 0 radical (unpaired) electrons. The average molecular weight is 1420 g/mol. The van der Waals surface area contributed by atoms with Crippen molar-refractivity contribution in [2.75, 3.05) is 9.80 Å². The molecule has 4 aliphatic rings. The topological polar surface area (TPSA) is 6.48 Å². The summed E-state index contributed by atoms with van der Waals surface area (Å²) in [5.41, 5.74) is 42.8. The Balaban J connectivity index is 0.577. The van der Waals surface area contributed by atoms with E-state index in [0.717, 1.165) is 39.7 Å². The molecule has 522 valence electrons. The van der Waals surface area contributed by atoms with Gasteiger partial charge in [0, 0.05) is 34.1 Å². The largest absolute Gasteiger partial charge is 0.310 e. The lowest BCUT2D eigenvalue weighted by Crippen LogP contribution is -2.26. The van der Waals surface area contributed by atoms with Crippen LogP contribution in [0, 0.1) is 0 Å². The Labute approximate surface area is 654 Å². The first-order valence-corrected chi connectivity index (χ1v) is 38.9. The van der Waals surface area contributed by atoms with Gasteiger partial charge in [-0.2, -0.15) is 0 Å². The molecule has 18 aromatic carbocycles. The van der Waals surface area contributed by atoms with Crippen LogP contribution < -0.4 is 9.80 Å². The van der Waals surface area contributed by atoms with Gasteiger partial charge in [0.25, 0.3) is 0 Å².